The number of carbonyl (C=O) groups excluding carboxylic acids is 2. The number of hydrogen-bond acceptors (Lipinski definition) is 6. The van der Waals surface area contributed by atoms with Crippen LogP contribution in [-0.2, 0) is 17.6 Å². The predicted octanol–water partition coefficient (Wildman–Crippen LogP) is 2.73. The Balaban J connectivity index is 1.38. The summed E-state index contributed by atoms with van der Waals surface area (Å²) in [5.74, 6) is -0.451. The molecule has 2 N–H and O–H groups in total. The molecule has 0 spiro atoms. The van der Waals surface area contributed by atoms with Crippen LogP contribution >= 0.6 is 23.1 Å². The predicted molar refractivity (Wildman–Crippen MR) is 102 cm³/mol. The maximum absolute atomic E-state index is 12.1. The van der Waals surface area contributed by atoms with Crippen molar-refractivity contribution in [3.8, 4) is 0 Å². The number of fused-ring (bicyclic) bond motifs is 3. The number of aryl methyl sites for hydroxylation is 2. The number of benzene rings is 1. The molecule has 0 radical (unpaired) electrons. The van der Waals surface area contributed by atoms with Crippen LogP contribution in [0.3, 0.4) is 0 Å². The van der Waals surface area contributed by atoms with Crippen LogP contribution in [0.25, 0.3) is 10.2 Å². The Hall–Kier alpha value is -2.45. The van der Waals surface area contributed by atoms with Crippen LogP contribution in [0.1, 0.15) is 27.2 Å². The first-order valence-electron chi connectivity index (χ1n) is 8.24. The Labute approximate surface area is 158 Å². The summed E-state index contributed by atoms with van der Waals surface area (Å²) in [6, 6.07) is 8.74. The number of thiophene rings is 1. The Morgan fingerprint density at radius 1 is 1.12 bits per heavy atom. The van der Waals surface area contributed by atoms with E-state index in [9.17, 15) is 9.59 Å². The first kappa shape index (κ1) is 17.0. The lowest BCUT2D eigenvalue weighted by molar-refractivity contribution is -0.119. The number of rotatable bonds is 4. The van der Waals surface area contributed by atoms with Crippen LogP contribution in [0.2, 0.25) is 0 Å². The van der Waals surface area contributed by atoms with Gasteiger partial charge in [0.25, 0.3) is 5.91 Å². The quantitative estimate of drug-likeness (QED) is 0.410. The molecule has 4 rings (SSSR count). The monoisotopic (exact) mass is 384 g/mol. The van der Waals surface area contributed by atoms with Gasteiger partial charge < -0.3 is 0 Å². The lowest BCUT2D eigenvalue weighted by Crippen LogP contribution is -2.42. The summed E-state index contributed by atoms with van der Waals surface area (Å²) in [6.07, 6.45) is 4.87. The molecule has 0 saturated carbocycles. The van der Waals surface area contributed by atoms with E-state index in [-0.39, 0.29) is 17.6 Å². The number of amides is 2. The SMILES string of the molecule is O=C(CSc1ncnc2sc3c(c12)CCC3)NNC(=O)c1ccccc1. The van der Waals surface area contributed by atoms with E-state index < -0.39 is 0 Å². The van der Waals surface area contributed by atoms with Crippen molar-refractivity contribution in [1.29, 1.82) is 0 Å². The van der Waals surface area contributed by atoms with E-state index in [2.05, 4.69) is 20.8 Å². The van der Waals surface area contributed by atoms with Crippen LogP contribution in [-0.4, -0.2) is 27.5 Å². The smallest absolute Gasteiger partial charge is 0.269 e. The van der Waals surface area contributed by atoms with Gasteiger partial charge in [-0.1, -0.05) is 30.0 Å². The Bertz CT molecular complexity index is 972. The van der Waals surface area contributed by atoms with Crippen molar-refractivity contribution in [2.24, 2.45) is 0 Å². The van der Waals surface area contributed by atoms with Gasteiger partial charge in [-0.3, -0.25) is 20.4 Å². The molecule has 26 heavy (non-hydrogen) atoms. The number of hydrazine groups is 1. The molecule has 0 saturated heterocycles. The van der Waals surface area contributed by atoms with Gasteiger partial charge >= 0.3 is 0 Å². The third-order valence-electron chi connectivity index (χ3n) is 4.16. The van der Waals surface area contributed by atoms with Gasteiger partial charge in [0.15, 0.2) is 0 Å². The zero-order chi connectivity index (χ0) is 17.9. The molecule has 3 aromatic rings. The van der Waals surface area contributed by atoms with E-state index in [0.717, 1.165) is 28.1 Å². The molecule has 0 unspecified atom stereocenters. The molecule has 0 atom stereocenters. The first-order chi connectivity index (χ1) is 12.7. The van der Waals surface area contributed by atoms with Gasteiger partial charge in [-0.05, 0) is 37.0 Å². The second kappa shape index (κ2) is 7.43. The fraction of sp³-hybridized carbons (Fsp3) is 0.222. The fourth-order valence-electron chi connectivity index (χ4n) is 2.97. The van der Waals surface area contributed by atoms with Gasteiger partial charge in [-0.2, -0.15) is 0 Å². The fourth-order valence-corrected chi connectivity index (χ4v) is 5.09. The molecule has 0 fully saturated rings. The average Bonchev–Trinajstić information content (AvgIpc) is 3.26. The Kier molecular flexibility index (Phi) is 4.85. The number of hydrogen-bond donors (Lipinski definition) is 2. The molecule has 0 aliphatic heterocycles. The van der Waals surface area contributed by atoms with Crippen LogP contribution in [0.4, 0.5) is 0 Å². The topological polar surface area (TPSA) is 84.0 Å². The van der Waals surface area contributed by atoms with Gasteiger partial charge in [-0.25, -0.2) is 9.97 Å². The van der Waals surface area contributed by atoms with Crippen molar-refractivity contribution >= 4 is 45.1 Å². The van der Waals surface area contributed by atoms with Crippen molar-refractivity contribution in [3.63, 3.8) is 0 Å². The number of aromatic nitrogens is 2. The van der Waals surface area contributed by atoms with Crippen molar-refractivity contribution in [2.75, 3.05) is 5.75 Å². The lowest BCUT2D eigenvalue weighted by atomic mass is 10.2. The van der Waals surface area contributed by atoms with Gasteiger partial charge in [0.2, 0.25) is 5.91 Å². The normalized spacial score (nSPS) is 12.8. The second-order valence-corrected chi connectivity index (χ2v) is 7.92. The minimum absolute atomic E-state index is 0.172. The van der Waals surface area contributed by atoms with Gasteiger partial charge in [0, 0.05) is 15.8 Å². The highest BCUT2D eigenvalue weighted by Gasteiger charge is 2.21. The number of carbonyl (C=O) groups is 2. The Morgan fingerprint density at radius 3 is 2.81 bits per heavy atom. The highest BCUT2D eigenvalue weighted by Crippen LogP contribution is 2.39. The highest BCUT2D eigenvalue weighted by molar-refractivity contribution is 8.00. The molecule has 132 valence electrons. The van der Waals surface area contributed by atoms with E-state index >= 15 is 0 Å². The lowest BCUT2D eigenvalue weighted by Gasteiger charge is -2.07. The second-order valence-electron chi connectivity index (χ2n) is 5.87. The van der Waals surface area contributed by atoms with Crippen molar-refractivity contribution in [2.45, 2.75) is 24.3 Å². The maximum Gasteiger partial charge on any atom is 0.269 e. The van der Waals surface area contributed by atoms with Gasteiger partial charge in [0.05, 0.1) is 5.75 Å². The average molecular weight is 384 g/mol. The van der Waals surface area contributed by atoms with E-state index in [0.29, 0.717) is 5.56 Å². The molecule has 1 aromatic carbocycles. The molecule has 1 aliphatic carbocycles. The molecule has 8 heteroatoms. The molecular weight excluding hydrogens is 368 g/mol. The summed E-state index contributed by atoms with van der Waals surface area (Å²) < 4.78 is 0. The molecule has 2 amide bonds. The number of nitrogens with zero attached hydrogens (tertiary/aromatic N) is 2. The summed E-state index contributed by atoms with van der Waals surface area (Å²) in [5, 5.41) is 1.93. The van der Waals surface area contributed by atoms with Crippen LogP contribution < -0.4 is 10.9 Å². The molecular formula is C18H16N4O2S2. The van der Waals surface area contributed by atoms with E-state index in [4.69, 9.17) is 0 Å². The van der Waals surface area contributed by atoms with E-state index in [1.807, 2.05) is 6.07 Å². The molecule has 2 aromatic heterocycles. The van der Waals surface area contributed by atoms with E-state index in [1.54, 1.807) is 41.9 Å². The van der Waals surface area contributed by atoms with Crippen molar-refractivity contribution in [1.82, 2.24) is 20.8 Å². The summed E-state index contributed by atoms with van der Waals surface area (Å²) in [4.78, 5) is 35.1. The third-order valence-corrected chi connectivity index (χ3v) is 6.35. The van der Waals surface area contributed by atoms with Crippen LogP contribution in [0.5, 0.6) is 0 Å². The van der Waals surface area contributed by atoms with Crippen molar-refractivity contribution in [3.05, 3.63) is 52.7 Å². The summed E-state index contributed by atoms with van der Waals surface area (Å²) in [7, 11) is 0. The standard InChI is InChI=1S/C18H16N4O2S2/c23-14(21-22-16(24)11-5-2-1-3-6-11)9-25-17-15-12-7-4-8-13(12)26-18(15)20-10-19-17/h1-3,5-6,10H,4,7-9H2,(H,21,23)(H,22,24). The van der Waals surface area contributed by atoms with Gasteiger partial charge in [0.1, 0.15) is 16.2 Å². The largest absolute Gasteiger partial charge is 0.272 e. The molecule has 2 heterocycles. The molecule has 0 bridgehead atoms. The summed E-state index contributed by atoms with van der Waals surface area (Å²) in [5.41, 5.74) is 6.70. The minimum atomic E-state index is -0.343. The zero-order valence-electron chi connectivity index (χ0n) is 13.8. The van der Waals surface area contributed by atoms with E-state index in [1.165, 1.54) is 28.6 Å². The Morgan fingerprint density at radius 2 is 1.96 bits per heavy atom. The molecule has 6 nitrogen and oxygen atoms in total. The minimum Gasteiger partial charge on any atom is -0.272 e. The summed E-state index contributed by atoms with van der Waals surface area (Å²) in [6.45, 7) is 0. The first-order valence-corrected chi connectivity index (χ1v) is 10.0. The molecule has 1 aliphatic rings. The maximum atomic E-state index is 12.1. The van der Waals surface area contributed by atoms with Gasteiger partial charge in [-0.15, -0.1) is 11.3 Å². The highest BCUT2D eigenvalue weighted by atomic mass is 32.2. The summed E-state index contributed by atoms with van der Waals surface area (Å²) >= 11 is 3.09. The van der Waals surface area contributed by atoms with Crippen molar-refractivity contribution < 1.29 is 9.59 Å². The zero-order valence-corrected chi connectivity index (χ0v) is 15.5. The van der Waals surface area contributed by atoms with Crippen LogP contribution in [0, 0.1) is 0 Å². The van der Waals surface area contributed by atoms with Crippen LogP contribution in [0.15, 0.2) is 41.7 Å². The number of thioether (sulfide) groups is 1. The third kappa shape index (κ3) is 3.42. The number of nitrogens with one attached hydrogen (secondary N) is 2.